The van der Waals surface area contributed by atoms with E-state index < -0.39 is 0 Å². The van der Waals surface area contributed by atoms with Gasteiger partial charge in [0.25, 0.3) is 0 Å². The molecule has 98 valence electrons. The van der Waals surface area contributed by atoms with Crippen molar-refractivity contribution in [2.75, 3.05) is 13.1 Å². The Morgan fingerprint density at radius 3 is 2.65 bits per heavy atom. The summed E-state index contributed by atoms with van der Waals surface area (Å²) in [6.07, 6.45) is 8.32. The van der Waals surface area contributed by atoms with Gasteiger partial charge in [0.1, 0.15) is 0 Å². The molecule has 0 aromatic carbocycles. The maximum Gasteiger partial charge on any atom is 0.221 e. The van der Waals surface area contributed by atoms with Gasteiger partial charge in [-0.05, 0) is 44.1 Å². The predicted molar refractivity (Wildman–Crippen MR) is 69.8 cm³/mol. The summed E-state index contributed by atoms with van der Waals surface area (Å²) >= 11 is 0. The molecule has 1 atom stereocenters. The molecule has 2 aliphatic rings. The minimum absolute atomic E-state index is 0.239. The molecule has 3 heteroatoms. The number of amides is 1. The van der Waals surface area contributed by atoms with Crippen molar-refractivity contribution in [3.05, 3.63) is 0 Å². The third-order valence-corrected chi connectivity index (χ3v) is 4.32. The first-order valence-corrected chi connectivity index (χ1v) is 7.24. The predicted octanol–water partition coefficient (Wildman–Crippen LogP) is 2.07. The Morgan fingerprint density at radius 1 is 1.24 bits per heavy atom. The molecular weight excluding hydrogens is 212 g/mol. The summed E-state index contributed by atoms with van der Waals surface area (Å²) in [6.45, 7) is 4.32. The lowest BCUT2D eigenvalue weighted by molar-refractivity contribution is -0.121. The standard InChI is InChI=1S/C14H26N2O/c1-11-4-6-12(7-5-11)10-16-14(17)9-13-3-2-8-15-13/h11-13,15H,2-10H2,1H3,(H,16,17). The van der Waals surface area contributed by atoms with Gasteiger partial charge in [-0.2, -0.15) is 0 Å². The molecule has 1 amide bonds. The van der Waals surface area contributed by atoms with Crippen LogP contribution in [0.15, 0.2) is 0 Å². The van der Waals surface area contributed by atoms with Crippen LogP contribution in [0.3, 0.4) is 0 Å². The van der Waals surface area contributed by atoms with Crippen molar-refractivity contribution < 1.29 is 4.79 Å². The maximum absolute atomic E-state index is 11.8. The summed E-state index contributed by atoms with van der Waals surface area (Å²) in [6, 6.07) is 0.432. The van der Waals surface area contributed by atoms with Crippen LogP contribution in [0, 0.1) is 11.8 Å². The molecule has 2 rings (SSSR count). The first-order chi connectivity index (χ1) is 8.24. The second-order valence-corrected chi connectivity index (χ2v) is 5.93. The number of carbonyl (C=O) groups is 1. The maximum atomic E-state index is 11.8. The van der Waals surface area contributed by atoms with Crippen molar-refractivity contribution in [3.8, 4) is 0 Å². The van der Waals surface area contributed by atoms with Crippen LogP contribution >= 0.6 is 0 Å². The fraction of sp³-hybridized carbons (Fsp3) is 0.929. The van der Waals surface area contributed by atoms with Gasteiger partial charge in [-0.1, -0.05) is 19.8 Å². The Morgan fingerprint density at radius 2 is 2.00 bits per heavy atom. The number of carbonyl (C=O) groups excluding carboxylic acids is 1. The first kappa shape index (κ1) is 12.9. The molecule has 1 heterocycles. The normalized spacial score (nSPS) is 33.6. The second-order valence-electron chi connectivity index (χ2n) is 5.93. The quantitative estimate of drug-likeness (QED) is 0.787. The zero-order valence-corrected chi connectivity index (χ0v) is 11.0. The molecule has 0 bridgehead atoms. The average molecular weight is 238 g/mol. The Balaban J connectivity index is 1.59. The highest BCUT2D eigenvalue weighted by molar-refractivity contribution is 5.76. The van der Waals surface area contributed by atoms with Gasteiger partial charge in [-0.3, -0.25) is 4.79 Å². The topological polar surface area (TPSA) is 41.1 Å². The fourth-order valence-corrected chi connectivity index (χ4v) is 3.02. The zero-order chi connectivity index (χ0) is 12.1. The van der Waals surface area contributed by atoms with Crippen molar-refractivity contribution in [1.29, 1.82) is 0 Å². The molecule has 0 aromatic rings. The monoisotopic (exact) mass is 238 g/mol. The third-order valence-electron chi connectivity index (χ3n) is 4.32. The largest absolute Gasteiger partial charge is 0.356 e. The van der Waals surface area contributed by atoms with Crippen molar-refractivity contribution in [3.63, 3.8) is 0 Å². The average Bonchev–Trinajstić information content (AvgIpc) is 2.81. The van der Waals surface area contributed by atoms with Gasteiger partial charge in [-0.15, -0.1) is 0 Å². The van der Waals surface area contributed by atoms with Crippen LogP contribution < -0.4 is 10.6 Å². The minimum Gasteiger partial charge on any atom is -0.356 e. The smallest absolute Gasteiger partial charge is 0.221 e. The molecule has 1 saturated carbocycles. The number of nitrogens with one attached hydrogen (secondary N) is 2. The molecule has 0 aromatic heterocycles. The third kappa shape index (κ3) is 4.30. The molecule has 0 radical (unpaired) electrons. The van der Waals surface area contributed by atoms with Gasteiger partial charge >= 0.3 is 0 Å². The summed E-state index contributed by atoms with van der Waals surface area (Å²) in [4.78, 5) is 11.8. The molecule has 1 aliphatic heterocycles. The van der Waals surface area contributed by atoms with Crippen molar-refractivity contribution in [2.45, 2.75) is 57.9 Å². The molecule has 1 unspecified atom stereocenters. The van der Waals surface area contributed by atoms with E-state index in [1.165, 1.54) is 32.1 Å². The van der Waals surface area contributed by atoms with E-state index in [9.17, 15) is 4.79 Å². The highest BCUT2D eigenvalue weighted by Crippen LogP contribution is 2.27. The van der Waals surface area contributed by atoms with Crippen LogP contribution in [0.1, 0.15) is 51.9 Å². The van der Waals surface area contributed by atoms with E-state index in [4.69, 9.17) is 0 Å². The molecule has 1 aliphatic carbocycles. The number of hydrogen-bond donors (Lipinski definition) is 2. The highest BCUT2D eigenvalue weighted by Gasteiger charge is 2.20. The van der Waals surface area contributed by atoms with Crippen molar-refractivity contribution in [1.82, 2.24) is 10.6 Å². The first-order valence-electron chi connectivity index (χ1n) is 7.24. The van der Waals surface area contributed by atoms with E-state index in [0.29, 0.717) is 12.5 Å². The zero-order valence-electron chi connectivity index (χ0n) is 11.0. The van der Waals surface area contributed by atoms with E-state index >= 15 is 0 Å². The minimum atomic E-state index is 0.239. The van der Waals surface area contributed by atoms with E-state index in [1.54, 1.807) is 0 Å². The summed E-state index contributed by atoms with van der Waals surface area (Å²) < 4.78 is 0. The van der Waals surface area contributed by atoms with Gasteiger partial charge < -0.3 is 10.6 Å². The van der Waals surface area contributed by atoms with Crippen molar-refractivity contribution >= 4 is 5.91 Å². The van der Waals surface area contributed by atoms with Crippen molar-refractivity contribution in [2.24, 2.45) is 11.8 Å². The Kier molecular flexibility index (Phi) is 4.84. The van der Waals surface area contributed by atoms with Gasteiger partial charge in [0.2, 0.25) is 5.91 Å². The van der Waals surface area contributed by atoms with Gasteiger partial charge in [0, 0.05) is 19.0 Å². The Bertz CT molecular complexity index is 241. The second kappa shape index (κ2) is 6.39. The molecule has 0 spiro atoms. The van der Waals surface area contributed by atoms with E-state index in [0.717, 1.165) is 31.3 Å². The van der Waals surface area contributed by atoms with Gasteiger partial charge in [0.05, 0.1) is 0 Å². The molecule has 2 N–H and O–H groups in total. The van der Waals surface area contributed by atoms with E-state index in [1.807, 2.05) is 0 Å². The Labute approximate surface area is 105 Å². The van der Waals surface area contributed by atoms with E-state index in [2.05, 4.69) is 17.6 Å². The molecule has 1 saturated heterocycles. The lowest BCUT2D eigenvalue weighted by Gasteiger charge is -2.26. The van der Waals surface area contributed by atoms with Crippen LogP contribution in [0.2, 0.25) is 0 Å². The summed E-state index contributed by atoms with van der Waals surface area (Å²) in [7, 11) is 0. The van der Waals surface area contributed by atoms with Crippen LogP contribution in [0.25, 0.3) is 0 Å². The fourth-order valence-electron chi connectivity index (χ4n) is 3.02. The molecule has 2 fully saturated rings. The number of hydrogen-bond acceptors (Lipinski definition) is 2. The summed E-state index contributed by atoms with van der Waals surface area (Å²) in [5.74, 6) is 1.86. The molecular formula is C14H26N2O. The molecule has 17 heavy (non-hydrogen) atoms. The number of rotatable bonds is 4. The highest BCUT2D eigenvalue weighted by atomic mass is 16.1. The Hall–Kier alpha value is -0.570. The van der Waals surface area contributed by atoms with E-state index in [-0.39, 0.29) is 5.91 Å². The lowest BCUT2D eigenvalue weighted by atomic mass is 9.83. The SMILES string of the molecule is CC1CCC(CNC(=O)CC2CCCN2)CC1. The van der Waals surface area contributed by atoms with Crippen LogP contribution in [0.5, 0.6) is 0 Å². The van der Waals surface area contributed by atoms with Crippen LogP contribution in [-0.4, -0.2) is 25.0 Å². The summed E-state index contributed by atoms with van der Waals surface area (Å²) in [5, 5.41) is 6.49. The van der Waals surface area contributed by atoms with Gasteiger partial charge in [0.15, 0.2) is 0 Å². The molecule has 3 nitrogen and oxygen atoms in total. The lowest BCUT2D eigenvalue weighted by Crippen LogP contribution is -2.35. The van der Waals surface area contributed by atoms with Gasteiger partial charge in [-0.25, -0.2) is 0 Å². The van der Waals surface area contributed by atoms with Crippen LogP contribution in [0.4, 0.5) is 0 Å². The summed E-state index contributed by atoms with van der Waals surface area (Å²) in [5.41, 5.74) is 0. The van der Waals surface area contributed by atoms with Crippen LogP contribution in [-0.2, 0) is 4.79 Å².